The van der Waals surface area contributed by atoms with Gasteiger partial charge in [0.15, 0.2) is 17.1 Å². The van der Waals surface area contributed by atoms with E-state index < -0.39 is 5.54 Å². The maximum Gasteiger partial charge on any atom is 0.196 e. The molecule has 0 atom stereocenters. The third-order valence-electron chi connectivity index (χ3n) is 7.40. The van der Waals surface area contributed by atoms with E-state index in [0.717, 1.165) is 48.7 Å². The lowest BCUT2D eigenvalue weighted by molar-refractivity contribution is 0.0256. The van der Waals surface area contributed by atoms with Gasteiger partial charge in [0.2, 0.25) is 0 Å². The molecule has 3 aliphatic rings. The number of fused-ring (bicyclic) bond motifs is 1. The lowest BCUT2D eigenvalue weighted by Gasteiger charge is -2.44. The number of ketones is 2. The Labute approximate surface area is 192 Å². The van der Waals surface area contributed by atoms with Crippen molar-refractivity contribution in [2.45, 2.75) is 37.6 Å². The van der Waals surface area contributed by atoms with Crippen LogP contribution in [0.5, 0.6) is 0 Å². The molecule has 0 aromatic heterocycles. The van der Waals surface area contributed by atoms with Crippen LogP contribution in [0.1, 0.15) is 58.4 Å². The van der Waals surface area contributed by atoms with Crippen LogP contribution < -0.4 is 0 Å². The van der Waals surface area contributed by atoms with Gasteiger partial charge >= 0.3 is 0 Å². The summed E-state index contributed by atoms with van der Waals surface area (Å²) in [5.74, 6) is 0.650. The number of benzene rings is 2. The maximum atomic E-state index is 13.8. The molecule has 2 aromatic rings. The zero-order chi connectivity index (χ0) is 21.4. The molecule has 31 heavy (non-hydrogen) atoms. The Kier molecular flexibility index (Phi) is 5.84. The number of piperazine rings is 1. The van der Waals surface area contributed by atoms with E-state index in [1.54, 1.807) is 12.1 Å². The fraction of sp³-hybridized carbons (Fsp3) is 0.462. The maximum absolute atomic E-state index is 13.8. The molecule has 0 spiro atoms. The van der Waals surface area contributed by atoms with E-state index in [2.05, 4.69) is 25.7 Å². The molecule has 5 heteroatoms. The molecule has 0 bridgehead atoms. The quantitative estimate of drug-likeness (QED) is 0.582. The van der Waals surface area contributed by atoms with Gasteiger partial charge in [-0.25, -0.2) is 0 Å². The summed E-state index contributed by atoms with van der Waals surface area (Å²) in [6.45, 7) is 4.42. The molecule has 1 saturated heterocycles. The predicted octanol–water partition coefficient (Wildman–Crippen LogP) is 4.92. The third-order valence-corrected chi connectivity index (χ3v) is 7.90. The number of halogens is 1. The van der Waals surface area contributed by atoms with Crippen molar-refractivity contribution in [2.75, 3.05) is 32.7 Å². The second-order valence-electron chi connectivity index (χ2n) is 9.22. The number of hydrogen-bond donors (Lipinski definition) is 0. The summed E-state index contributed by atoms with van der Waals surface area (Å²) in [7, 11) is 0. The standard InChI is InChI=1S/C26H29BrN2O2/c27-21-10-6-9-20(17-21)26(24(30)22-11-4-5-12-23(22)25(26)31)29-15-13-28(14-16-29)18-19-7-2-1-3-8-19/h4-6,9-12,17,19H,1-3,7-8,13-16,18H2. The minimum Gasteiger partial charge on any atom is -0.301 e. The van der Waals surface area contributed by atoms with Gasteiger partial charge in [-0.1, -0.05) is 71.6 Å². The van der Waals surface area contributed by atoms with Crippen LogP contribution >= 0.6 is 15.9 Å². The number of rotatable bonds is 4. The first kappa shape index (κ1) is 21.0. The number of carbonyl (C=O) groups is 2. The smallest absolute Gasteiger partial charge is 0.196 e. The van der Waals surface area contributed by atoms with E-state index in [1.165, 1.54) is 32.1 Å². The Hall–Kier alpha value is -1.82. The molecule has 0 radical (unpaired) electrons. The van der Waals surface area contributed by atoms with Crippen LogP contribution in [0.4, 0.5) is 0 Å². The summed E-state index contributed by atoms with van der Waals surface area (Å²) in [6, 6.07) is 15.0. The van der Waals surface area contributed by atoms with E-state index in [-0.39, 0.29) is 11.6 Å². The molecule has 2 fully saturated rings. The zero-order valence-electron chi connectivity index (χ0n) is 17.9. The van der Waals surface area contributed by atoms with Gasteiger partial charge in [0, 0.05) is 48.3 Å². The van der Waals surface area contributed by atoms with Crippen LogP contribution in [0.3, 0.4) is 0 Å². The van der Waals surface area contributed by atoms with Crippen molar-refractivity contribution in [3.05, 3.63) is 69.7 Å². The van der Waals surface area contributed by atoms with Gasteiger partial charge in [0.1, 0.15) is 0 Å². The van der Waals surface area contributed by atoms with Gasteiger partial charge in [-0.3, -0.25) is 14.5 Å². The van der Waals surface area contributed by atoms with Crippen molar-refractivity contribution < 1.29 is 9.59 Å². The van der Waals surface area contributed by atoms with Gasteiger partial charge in [-0.15, -0.1) is 0 Å². The molecule has 1 saturated carbocycles. The first-order chi connectivity index (χ1) is 15.1. The first-order valence-corrected chi connectivity index (χ1v) is 12.3. The largest absolute Gasteiger partial charge is 0.301 e. The highest BCUT2D eigenvalue weighted by molar-refractivity contribution is 9.10. The Morgan fingerprint density at radius 1 is 0.839 bits per heavy atom. The summed E-state index contributed by atoms with van der Waals surface area (Å²) in [5.41, 5.74) is 0.632. The summed E-state index contributed by atoms with van der Waals surface area (Å²) >= 11 is 3.55. The van der Waals surface area contributed by atoms with Crippen molar-refractivity contribution in [3.63, 3.8) is 0 Å². The molecule has 0 N–H and O–H groups in total. The van der Waals surface area contributed by atoms with E-state index in [4.69, 9.17) is 0 Å². The van der Waals surface area contributed by atoms with E-state index >= 15 is 0 Å². The molecule has 0 amide bonds. The van der Waals surface area contributed by atoms with Gasteiger partial charge in [-0.05, 0) is 36.5 Å². The van der Waals surface area contributed by atoms with Crippen LogP contribution in [0.25, 0.3) is 0 Å². The first-order valence-electron chi connectivity index (χ1n) is 11.5. The molecule has 2 aromatic carbocycles. The average Bonchev–Trinajstić information content (AvgIpc) is 3.03. The Balaban J connectivity index is 1.45. The SMILES string of the molecule is O=C1c2ccccc2C(=O)C1(c1cccc(Br)c1)N1CCN(CC2CCCCC2)CC1. The van der Waals surface area contributed by atoms with E-state index in [0.29, 0.717) is 11.1 Å². The van der Waals surface area contributed by atoms with Crippen molar-refractivity contribution in [1.82, 2.24) is 9.80 Å². The number of hydrogen-bond acceptors (Lipinski definition) is 4. The topological polar surface area (TPSA) is 40.6 Å². The molecule has 5 rings (SSSR count). The van der Waals surface area contributed by atoms with Crippen molar-refractivity contribution >= 4 is 27.5 Å². The summed E-state index contributed by atoms with van der Waals surface area (Å²) in [6.07, 6.45) is 6.78. The van der Waals surface area contributed by atoms with Crippen LogP contribution in [0.2, 0.25) is 0 Å². The Morgan fingerprint density at radius 2 is 1.48 bits per heavy atom. The summed E-state index contributed by atoms with van der Waals surface area (Å²) in [4.78, 5) is 32.4. The molecule has 0 unspecified atom stereocenters. The van der Waals surface area contributed by atoms with Crippen LogP contribution in [-0.4, -0.2) is 54.1 Å². The highest BCUT2D eigenvalue weighted by atomic mass is 79.9. The second kappa shape index (κ2) is 8.61. The van der Waals surface area contributed by atoms with Crippen LogP contribution in [-0.2, 0) is 5.54 Å². The molecule has 1 heterocycles. The zero-order valence-corrected chi connectivity index (χ0v) is 19.4. The number of Topliss-reactive ketones (excluding diaryl/α,β-unsaturated/α-hetero) is 2. The van der Waals surface area contributed by atoms with E-state index in [9.17, 15) is 9.59 Å². The normalized spacial score (nSPS) is 22.6. The van der Waals surface area contributed by atoms with Crippen LogP contribution in [0.15, 0.2) is 53.0 Å². The highest BCUT2D eigenvalue weighted by Gasteiger charge is 2.58. The Bertz CT molecular complexity index is 955. The number of nitrogens with zero attached hydrogens (tertiary/aromatic N) is 2. The second-order valence-corrected chi connectivity index (χ2v) is 10.1. The van der Waals surface area contributed by atoms with Crippen molar-refractivity contribution in [1.29, 1.82) is 0 Å². The van der Waals surface area contributed by atoms with Gasteiger partial charge in [0.25, 0.3) is 0 Å². The monoisotopic (exact) mass is 480 g/mol. The van der Waals surface area contributed by atoms with Crippen molar-refractivity contribution in [2.24, 2.45) is 5.92 Å². The van der Waals surface area contributed by atoms with Gasteiger partial charge < -0.3 is 4.90 Å². The number of carbonyl (C=O) groups excluding carboxylic acids is 2. The predicted molar refractivity (Wildman–Crippen MR) is 126 cm³/mol. The average molecular weight is 481 g/mol. The minimum atomic E-state index is -1.25. The van der Waals surface area contributed by atoms with Crippen molar-refractivity contribution in [3.8, 4) is 0 Å². The third kappa shape index (κ3) is 3.61. The highest BCUT2D eigenvalue weighted by Crippen LogP contribution is 2.43. The lowest BCUT2D eigenvalue weighted by atomic mass is 9.82. The summed E-state index contributed by atoms with van der Waals surface area (Å²) < 4.78 is 0.886. The van der Waals surface area contributed by atoms with Gasteiger partial charge in [-0.2, -0.15) is 0 Å². The van der Waals surface area contributed by atoms with E-state index in [1.807, 2.05) is 36.4 Å². The molecule has 4 nitrogen and oxygen atoms in total. The minimum absolute atomic E-state index is 0.0769. The Morgan fingerprint density at radius 3 is 2.10 bits per heavy atom. The molecular weight excluding hydrogens is 452 g/mol. The van der Waals surface area contributed by atoms with Crippen LogP contribution in [0, 0.1) is 5.92 Å². The molecule has 2 aliphatic carbocycles. The van der Waals surface area contributed by atoms with Gasteiger partial charge in [0.05, 0.1) is 0 Å². The molecule has 162 valence electrons. The fourth-order valence-corrected chi connectivity index (χ4v) is 6.22. The molecule has 1 aliphatic heterocycles. The lowest BCUT2D eigenvalue weighted by Crippen LogP contribution is -2.60. The molecular formula is C26H29BrN2O2. The fourth-order valence-electron chi connectivity index (χ4n) is 5.82. The summed E-state index contributed by atoms with van der Waals surface area (Å²) in [5, 5.41) is 0.